The lowest BCUT2D eigenvalue weighted by Crippen LogP contribution is -2.30. The minimum absolute atomic E-state index is 0.0163. The number of hydrogen-bond donors (Lipinski definition) is 1. The fourth-order valence-corrected chi connectivity index (χ4v) is 5.36. The van der Waals surface area contributed by atoms with Crippen molar-refractivity contribution in [2.45, 2.75) is 30.8 Å². The molecule has 1 aromatic heterocycles. The summed E-state index contributed by atoms with van der Waals surface area (Å²) in [6.07, 6.45) is 0. The Morgan fingerprint density at radius 1 is 1.18 bits per heavy atom. The molecule has 1 heterocycles. The Balaban J connectivity index is 1.76. The highest BCUT2D eigenvalue weighted by atomic mass is 32.2. The predicted molar refractivity (Wildman–Crippen MR) is 126 cm³/mol. The molecule has 0 atom stereocenters. The third-order valence-electron chi connectivity index (χ3n) is 4.91. The van der Waals surface area contributed by atoms with Crippen molar-refractivity contribution in [2.75, 3.05) is 31.3 Å². The summed E-state index contributed by atoms with van der Waals surface area (Å²) in [4.78, 5) is 12.8. The number of carbonyl (C=O) groups is 1. The van der Waals surface area contributed by atoms with E-state index in [1.807, 2.05) is 31.2 Å². The fraction of sp³-hybridized carbons (Fsp3) is 0.333. The number of amides is 1. The molecule has 0 aliphatic heterocycles. The van der Waals surface area contributed by atoms with Crippen molar-refractivity contribution in [2.24, 2.45) is 0 Å². The topological polar surface area (TPSA) is 119 Å². The second-order valence-corrected chi connectivity index (χ2v) is 9.83. The van der Waals surface area contributed by atoms with E-state index in [0.717, 1.165) is 11.3 Å². The Labute approximate surface area is 197 Å². The van der Waals surface area contributed by atoms with Crippen molar-refractivity contribution in [3.8, 4) is 11.4 Å². The molecule has 0 unspecified atom stereocenters. The van der Waals surface area contributed by atoms with Crippen molar-refractivity contribution in [1.29, 1.82) is 0 Å². The Morgan fingerprint density at radius 2 is 1.91 bits per heavy atom. The molecule has 0 aliphatic carbocycles. The first-order valence-corrected chi connectivity index (χ1v) is 12.7. The molecule has 0 spiro atoms. The van der Waals surface area contributed by atoms with E-state index in [-0.39, 0.29) is 22.2 Å². The summed E-state index contributed by atoms with van der Waals surface area (Å²) in [5, 5.41) is 14.9. The molecule has 12 heteroatoms. The molecule has 0 fully saturated rings. The molecule has 0 saturated heterocycles. The average molecular weight is 491 g/mol. The third-order valence-corrected chi connectivity index (χ3v) is 7.87. The Kier molecular flexibility index (Phi) is 8.06. The molecular weight excluding hydrogens is 464 g/mol. The molecule has 3 aromatic rings. The zero-order chi connectivity index (χ0) is 24.0. The number of carbonyl (C=O) groups excluding carboxylic acids is 1. The van der Waals surface area contributed by atoms with Crippen molar-refractivity contribution in [1.82, 2.24) is 24.5 Å². The predicted octanol–water partition coefficient (Wildman–Crippen LogP) is 2.74. The number of aryl methyl sites for hydroxylation is 1. The second kappa shape index (κ2) is 10.8. The zero-order valence-electron chi connectivity index (χ0n) is 18.8. The number of sulfonamides is 1. The van der Waals surface area contributed by atoms with E-state index < -0.39 is 10.0 Å². The van der Waals surface area contributed by atoms with Crippen molar-refractivity contribution < 1.29 is 17.9 Å². The van der Waals surface area contributed by atoms with Crippen molar-refractivity contribution in [3.63, 3.8) is 0 Å². The van der Waals surface area contributed by atoms with Crippen LogP contribution in [0.1, 0.15) is 19.4 Å². The number of benzene rings is 2. The maximum absolute atomic E-state index is 12.9. The molecule has 10 nitrogen and oxygen atoms in total. The van der Waals surface area contributed by atoms with E-state index in [1.54, 1.807) is 18.5 Å². The fourth-order valence-electron chi connectivity index (χ4n) is 3.20. The summed E-state index contributed by atoms with van der Waals surface area (Å²) >= 11 is 1.17. The van der Waals surface area contributed by atoms with Gasteiger partial charge < -0.3 is 10.1 Å². The van der Waals surface area contributed by atoms with Crippen LogP contribution in [-0.4, -0.2) is 64.8 Å². The van der Waals surface area contributed by atoms with Gasteiger partial charge in [-0.2, -0.15) is 8.99 Å². The van der Waals surface area contributed by atoms with Crippen LogP contribution in [0.15, 0.2) is 52.5 Å². The third kappa shape index (κ3) is 5.52. The first kappa shape index (κ1) is 24.7. The van der Waals surface area contributed by atoms with Crippen LogP contribution in [0.2, 0.25) is 0 Å². The number of aromatic nitrogens is 4. The number of ether oxygens (including phenoxy) is 1. The molecule has 176 valence electrons. The van der Waals surface area contributed by atoms with Crippen LogP contribution in [0.4, 0.5) is 5.69 Å². The Hall–Kier alpha value is -2.96. The minimum Gasteiger partial charge on any atom is -0.495 e. The lowest BCUT2D eigenvalue weighted by molar-refractivity contribution is -0.113. The molecule has 0 aliphatic rings. The largest absolute Gasteiger partial charge is 0.495 e. The number of thioether (sulfide) groups is 1. The van der Waals surface area contributed by atoms with Gasteiger partial charge in [0.1, 0.15) is 5.75 Å². The summed E-state index contributed by atoms with van der Waals surface area (Å²) in [5.41, 5.74) is 2.09. The molecule has 2 aromatic carbocycles. The number of para-hydroxylation sites is 1. The maximum Gasteiger partial charge on any atom is 0.243 e. The molecule has 1 N–H and O–H groups in total. The van der Waals surface area contributed by atoms with Crippen molar-refractivity contribution in [3.05, 3.63) is 48.0 Å². The maximum atomic E-state index is 12.9. The van der Waals surface area contributed by atoms with E-state index in [1.165, 1.54) is 41.4 Å². The molecule has 1 amide bonds. The summed E-state index contributed by atoms with van der Waals surface area (Å²) in [7, 11) is -2.23. The van der Waals surface area contributed by atoms with Gasteiger partial charge in [-0.05, 0) is 47.2 Å². The molecule has 0 radical (unpaired) electrons. The molecule has 3 rings (SSSR count). The molecular formula is C21H26N6O4S2. The van der Waals surface area contributed by atoms with E-state index in [2.05, 4.69) is 20.8 Å². The highest BCUT2D eigenvalue weighted by molar-refractivity contribution is 7.99. The number of methoxy groups -OCH3 is 1. The van der Waals surface area contributed by atoms with Gasteiger partial charge in [-0.25, -0.2) is 8.42 Å². The second-order valence-electron chi connectivity index (χ2n) is 6.95. The van der Waals surface area contributed by atoms with Crippen LogP contribution in [0.5, 0.6) is 5.75 Å². The van der Waals surface area contributed by atoms with Gasteiger partial charge >= 0.3 is 0 Å². The first-order valence-electron chi connectivity index (χ1n) is 10.3. The lowest BCUT2D eigenvalue weighted by atomic mass is 10.2. The Morgan fingerprint density at radius 3 is 2.58 bits per heavy atom. The minimum atomic E-state index is -3.68. The summed E-state index contributed by atoms with van der Waals surface area (Å²) < 4.78 is 33.9. The van der Waals surface area contributed by atoms with E-state index in [0.29, 0.717) is 24.0 Å². The van der Waals surface area contributed by atoms with Gasteiger partial charge in [0, 0.05) is 13.1 Å². The quantitative estimate of drug-likeness (QED) is 0.431. The van der Waals surface area contributed by atoms with Gasteiger partial charge in [-0.3, -0.25) is 4.79 Å². The van der Waals surface area contributed by atoms with Crippen LogP contribution in [-0.2, 0) is 14.8 Å². The van der Waals surface area contributed by atoms with Crippen LogP contribution >= 0.6 is 11.8 Å². The van der Waals surface area contributed by atoms with Crippen LogP contribution in [0.3, 0.4) is 0 Å². The highest BCUT2D eigenvalue weighted by Crippen LogP contribution is 2.29. The van der Waals surface area contributed by atoms with Crippen LogP contribution in [0, 0.1) is 6.92 Å². The smallest absolute Gasteiger partial charge is 0.243 e. The van der Waals surface area contributed by atoms with E-state index >= 15 is 0 Å². The van der Waals surface area contributed by atoms with Gasteiger partial charge in [-0.1, -0.05) is 43.8 Å². The first-order chi connectivity index (χ1) is 15.8. The number of anilines is 1. The highest BCUT2D eigenvalue weighted by Gasteiger charge is 2.23. The number of nitrogens with zero attached hydrogens (tertiary/aromatic N) is 5. The van der Waals surface area contributed by atoms with Gasteiger partial charge in [0.2, 0.25) is 21.1 Å². The Bertz CT molecular complexity index is 1220. The monoisotopic (exact) mass is 490 g/mol. The average Bonchev–Trinajstić information content (AvgIpc) is 3.27. The molecule has 0 bridgehead atoms. The van der Waals surface area contributed by atoms with E-state index in [4.69, 9.17) is 4.74 Å². The summed E-state index contributed by atoms with van der Waals surface area (Å²) in [6, 6.07) is 12.0. The lowest BCUT2D eigenvalue weighted by Gasteiger charge is -2.19. The standard InChI is InChI=1S/C21H26N6O4S2/c1-5-26(6-2)33(29,30)16-11-12-19(31-4)17(13-16)22-20(28)14-32-21-23-24-25-27(21)18-10-8-7-9-15(18)3/h7-13H,5-6,14H2,1-4H3,(H,22,28). The normalized spacial score (nSPS) is 11.5. The van der Waals surface area contributed by atoms with Gasteiger partial charge in [0.15, 0.2) is 0 Å². The summed E-state index contributed by atoms with van der Waals surface area (Å²) in [5.74, 6) is 0.0224. The number of hydrogen-bond acceptors (Lipinski definition) is 8. The molecule has 33 heavy (non-hydrogen) atoms. The SMILES string of the molecule is CCN(CC)S(=O)(=O)c1ccc(OC)c(NC(=O)CSc2nnnn2-c2ccccc2C)c1. The number of nitrogens with one attached hydrogen (secondary N) is 1. The zero-order valence-corrected chi connectivity index (χ0v) is 20.5. The molecule has 0 saturated carbocycles. The van der Waals surface area contributed by atoms with Crippen LogP contribution in [0.25, 0.3) is 5.69 Å². The number of tetrazole rings is 1. The van der Waals surface area contributed by atoms with E-state index in [9.17, 15) is 13.2 Å². The van der Waals surface area contributed by atoms with Crippen LogP contribution < -0.4 is 10.1 Å². The summed E-state index contributed by atoms with van der Waals surface area (Å²) in [6.45, 7) is 6.19. The van der Waals surface area contributed by atoms with Crippen molar-refractivity contribution >= 4 is 33.4 Å². The number of rotatable bonds is 10. The van der Waals surface area contributed by atoms with Gasteiger partial charge in [-0.15, -0.1) is 5.10 Å². The van der Waals surface area contributed by atoms with Gasteiger partial charge in [0.05, 0.1) is 29.1 Å². The van der Waals surface area contributed by atoms with Gasteiger partial charge in [0.25, 0.3) is 0 Å².